The van der Waals surface area contributed by atoms with Crippen molar-refractivity contribution in [3.8, 4) is 29.1 Å². The number of nitrogens with zero attached hydrogens (tertiary/aromatic N) is 14. The zero-order valence-corrected chi connectivity index (χ0v) is 66.4. The summed E-state index contributed by atoms with van der Waals surface area (Å²) in [4.78, 5) is 14.7. The van der Waals surface area contributed by atoms with Gasteiger partial charge in [0.05, 0.1) is 94.2 Å². The quantitative estimate of drug-likeness (QED) is 0.161. The number of benzene rings is 9. The van der Waals surface area contributed by atoms with Crippen LogP contribution in [-0.2, 0) is 40.7 Å². The standard InChI is InChI=1S/C22H24N3.C20H20N3.C20H19N2.C19H17N2.C16H15N4/c1-15-9-8-11-17-16-10-6-7-12-18(16)25(20(15)17)21-23-19(22(2,3)4)13-14-24(21)5;1-13-8-7-10-17-16-9-5-6-11-18(16)23(19(13)17)20-21-15(3)14(2)12-22(20)4;1-14-8-4-6-10-17(14)22-18-11-7-5-9-16(18)19-15(2)12-13-21(3)20(19)22;1-14-8-3-5-11-17(14)21-18-12-6-4-9-15(18)16-10-7-13-20(2)19(16)21;1-12-11-19-14-8-4-3-7-13(14)17-16(19)20(12)15-9-5-6-10-18(15)2/h6-14H,1-5H3;5-12H,1-4H3;4-13H,1-3H3;3-13H,1-2H3;3-11H,1-2H3/q5*+1. The highest BCUT2D eigenvalue weighted by Gasteiger charge is 2.30. The number of imidazole rings is 2. The average Bonchev–Trinajstić information content (AvgIpc) is 1.59. The summed E-state index contributed by atoms with van der Waals surface area (Å²) >= 11 is 0. The van der Waals surface area contributed by atoms with Crippen LogP contribution in [0.3, 0.4) is 0 Å². The van der Waals surface area contributed by atoms with E-state index in [0.29, 0.717) is 0 Å². The Kier molecular flexibility index (Phi) is 18.9. The zero-order valence-electron chi connectivity index (χ0n) is 66.4. The number of hydrogen-bond acceptors (Lipinski definition) is 3. The minimum absolute atomic E-state index is 0.0107. The summed E-state index contributed by atoms with van der Waals surface area (Å²) in [5.41, 5.74) is 25.5. The van der Waals surface area contributed by atoms with E-state index in [1.807, 2.05) is 43.6 Å². The van der Waals surface area contributed by atoms with Gasteiger partial charge in [-0.3, -0.25) is 4.40 Å². The molecule has 20 rings (SSSR count). The van der Waals surface area contributed by atoms with E-state index in [-0.39, 0.29) is 5.41 Å². The average molecular weight is 1460 g/mol. The number of pyridine rings is 3. The zero-order chi connectivity index (χ0) is 77.3. The molecule has 11 heterocycles. The van der Waals surface area contributed by atoms with Gasteiger partial charge in [-0.15, -0.1) is 0 Å². The molecule has 14 heteroatoms. The van der Waals surface area contributed by atoms with Gasteiger partial charge in [0.25, 0.3) is 17.1 Å². The lowest BCUT2D eigenvalue weighted by Gasteiger charge is -2.15. The molecule has 11 aromatic heterocycles. The van der Waals surface area contributed by atoms with Crippen molar-refractivity contribution in [2.75, 3.05) is 0 Å². The lowest BCUT2D eigenvalue weighted by Crippen LogP contribution is -2.36. The third-order valence-corrected chi connectivity index (χ3v) is 21.8. The van der Waals surface area contributed by atoms with E-state index in [1.54, 1.807) is 0 Å². The Bertz CT molecular complexity index is 7000. The van der Waals surface area contributed by atoms with Crippen LogP contribution in [-0.4, -0.2) is 42.2 Å². The maximum Gasteiger partial charge on any atom is 0.404 e. The van der Waals surface area contributed by atoms with Gasteiger partial charge < -0.3 is 0 Å². The monoisotopic (exact) mass is 1460 g/mol. The normalized spacial score (nSPS) is 11.6. The Morgan fingerprint density at radius 2 is 0.757 bits per heavy atom. The number of rotatable bonds is 5. The molecule has 0 saturated carbocycles. The van der Waals surface area contributed by atoms with E-state index in [9.17, 15) is 0 Å². The van der Waals surface area contributed by atoms with Crippen LogP contribution >= 0.6 is 0 Å². The van der Waals surface area contributed by atoms with Crippen LogP contribution in [0.2, 0.25) is 0 Å². The summed E-state index contributed by atoms with van der Waals surface area (Å²) in [6.07, 6.45) is 12.7. The minimum atomic E-state index is 0.0107. The summed E-state index contributed by atoms with van der Waals surface area (Å²) in [6, 6.07) is 87.5. The topological polar surface area (TPSA) is 87.1 Å². The molecule has 111 heavy (non-hydrogen) atoms. The molecule has 9 aromatic carbocycles. The van der Waals surface area contributed by atoms with Crippen LogP contribution in [0.15, 0.2) is 286 Å². The fourth-order valence-corrected chi connectivity index (χ4v) is 16.2. The van der Waals surface area contributed by atoms with E-state index < -0.39 is 0 Å². The Balaban J connectivity index is 0.000000105. The maximum atomic E-state index is 5.05. The van der Waals surface area contributed by atoms with Crippen molar-refractivity contribution in [1.82, 2.24) is 42.2 Å². The third kappa shape index (κ3) is 12.8. The molecule has 0 radical (unpaired) electrons. The molecule has 0 aliphatic heterocycles. The van der Waals surface area contributed by atoms with Gasteiger partial charge in [-0.05, 0) is 168 Å². The van der Waals surface area contributed by atoms with Gasteiger partial charge in [-0.2, -0.15) is 27.8 Å². The summed E-state index contributed by atoms with van der Waals surface area (Å²) in [7, 11) is 10.4. The summed E-state index contributed by atoms with van der Waals surface area (Å²) < 4.78 is 24.4. The molecular weight excluding hydrogens is 1360 g/mol. The highest BCUT2D eigenvalue weighted by Crippen LogP contribution is 2.37. The molecule has 0 amide bonds. The molecular formula is C97H95N14+5. The minimum Gasteiger partial charge on any atom is -0.261 e. The predicted octanol–water partition coefficient (Wildman–Crippen LogP) is 19.1. The highest BCUT2D eigenvalue weighted by atomic mass is 15.3. The van der Waals surface area contributed by atoms with E-state index in [0.717, 1.165) is 45.9 Å². The third-order valence-electron chi connectivity index (χ3n) is 21.8. The summed E-state index contributed by atoms with van der Waals surface area (Å²) in [5.74, 6) is 3.96. The van der Waals surface area contributed by atoms with Crippen molar-refractivity contribution in [3.05, 3.63) is 336 Å². The molecule has 0 atom stereocenters. The molecule has 0 saturated heterocycles. The molecule has 0 fully saturated rings. The van der Waals surface area contributed by atoms with Gasteiger partial charge >= 0.3 is 17.7 Å². The lowest BCUT2D eigenvalue weighted by atomic mass is 9.92. The predicted molar refractivity (Wildman–Crippen MR) is 453 cm³/mol. The van der Waals surface area contributed by atoms with Crippen LogP contribution in [0.1, 0.15) is 71.2 Å². The molecule has 0 spiro atoms. The highest BCUT2D eigenvalue weighted by molar-refractivity contribution is 6.12. The van der Waals surface area contributed by atoms with Crippen LogP contribution in [0, 0.1) is 55.4 Å². The second-order valence-electron chi connectivity index (χ2n) is 30.5. The van der Waals surface area contributed by atoms with E-state index in [1.165, 1.54) is 138 Å². The Labute approximate surface area is 647 Å². The van der Waals surface area contributed by atoms with Gasteiger partial charge in [-0.25, -0.2) is 22.8 Å². The van der Waals surface area contributed by atoms with Crippen molar-refractivity contribution >= 4 is 104 Å². The van der Waals surface area contributed by atoms with Crippen LogP contribution in [0.5, 0.6) is 0 Å². The van der Waals surface area contributed by atoms with Gasteiger partial charge in [0, 0.05) is 55.4 Å². The number of aromatic nitrogens is 14. The molecule has 0 unspecified atom stereocenters. The number of aryl methyl sites for hydroxylation is 13. The van der Waals surface area contributed by atoms with Crippen LogP contribution in [0.25, 0.3) is 133 Å². The van der Waals surface area contributed by atoms with Gasteiger partial charge in [0.2, 0.25) is 0 Å². The molecule has 548 valence electrons. The molecule has 0 aliphatic rings. The first-order valence-electron chi connectivity index (χ1n) is 38.1. The summed E-state index contributed by atoms with van der Waals surface area (Å²) in [5, 5.41) is 10.3. The Morgan fingerprint density at radius 1 is 0.306 bits per heavy atom. The SMILES string of the molecule is Cc1c[n+](C)c(-n2c3ccccc3c3cccc(C)c32)nc1C.Cc1cccc2c3ccccc3n(-c3nc(C(C)(C)C)cc[n+]3C)c12.Cc1ccccc1-n1c2ccccc2c2c(C)cc[n+](C)c21.Cc1ccccc1-n1c2ccccc2c2ccc[n+](C)c21.Cc1cn2c3ccccc3nc2n1-c1cccc[n+]1C. The van der Waals surface area contributed by atoms with Gasteiger partial charge in [0.15, 0.2) is 0 Å². The van der Waals surface area contributed by atoms with Gasteiger partial charge in [0.1, 0.15) is 61.6 Å². The van der Waals surface area contributed by atoms with Crippen LogP contribution in [0.4, 0.5) is 0 Å². The first-order chi connectivity index (χ1) is 53.7. The van der Waals surface area contributed by atoms with Crippen molar-refractivity contribution < 1.29 is 22.8 Å². The molecule has 0 bridgehead atoms. The lowest BCUT2D eigenvalue weighted by molar-refractivity contribution is -0.668. The Morgan fingerprint density at radius 3 is 1.34 bits per heavy atom. The summed E-state index contributed by atoms with van der Waals surface area (Å²) in [6.45, 7) is 23.8. The van der Waals surface area contributed by atoms with Crippen LogP contribution < -0.4 is 22.8 Å². The van der Waals surface area contributed by atoms with E-state index in [2.05, 4.69) is 404 Å². The van der Waals surface area contributed by atoms with Crippen molar-refractivity contribution in [3.63, 3.8) is 0 Å². The number of hydrogen-bond donors (Lipinski definition) is 0. The second-order valence-corrected chi connectivity index (χ2v) is 30.5. The van der Waals surface area contributed by atoms with E-state index in [4.69, 9.17) is 15.0 Å². The van der Waals surface area contributed by atoms with Crippen molar-refractivity contribution in [2.24, 2.45) is 35.2 Å². The Hall–Kier alpha value is -13.2. The van der Waals surface area contributed by atoms with E-state index >= 15 is 0 Å². The fraction of sp³-hybridized carbons (Fsp3) is 0.175. The van der Waals surface area contributed by atoms with Crippen molar-refractivity contribution in [1.29, 1.82) is 0 Å². The second kappa shape index (κ2) is 29.1. The number of para-hydroxylation sites is 10. The smallest absolute Gasteiger partial charge is 0.261 e. The largest absolute Gasteiger partial charge is 0.404 e. The van der Waals surface area contributed by atoms with Gasteiger partial charge in [-0.1, -0.05) is 182 Å². The molecule has 20 aromatic rings. The first kappa shape index (κ1) is 72.0. The first-order valence-corrected chi connectivity index (χ1v) is 38.1. The molecule has 14 nitrogen and oxygen atoms in total. The molecule has 0 N–H and O–H groups in total. The fourth-order valence-electron chi connectivity index (χ4n) is 16.2. The number of fused-ring (bicyclic) bond motifs is 15. The maximum absolute atomic E-state index is 5.05. The molecule has 0 aliphatic carbocycles. The van der Waals surface area contributed by atoms with Crippen molar-refractivity contribution in [2.45, 2.75) is 81.6 Å².